The lowest BCUT2D eigenvalue weighted by Crippen LogP contribution is -2.26. The molecule has 0 fully saturated rings. The predicted molar refractivity (Wildman–Crippen MR) is 130 cm³/mol. The van der Waals surface area contributed by atoms with Gasteiger partial charge in [-0.3, -0.25) is 9.59 Å². The molecule has 42 heavy (non-hydrogen) atoms. The normalized spacial score (nSPS) is 11.7. The molecule has 4 rings (SSSR count). The first-order valence-electron chi connectivity index (χ1n) is 11.8. The van der Waals surface area contributed by atoms with Crippen molar-refractivity contribution in [3.8, 4) is 11.9 Å². The van der Waals surface area contributed by atoms with Crippen LogP contribution in [0.3, 0.4) is 0 Å². The summed E-state index contributed by atoms with van der Waals surface area (Å²) < 4.78 is 80.8. The van der Waals surface area contributed by atoms with Gasteiger partial charge in [0.2, 0.25) is 0 Å². The lowest BCUT2D eigenvalue weighted by molar-refractivity contribution is -0.145. The van der Waals surface area contributed by atoms with Crippen LogP contribution < -0.4 is 10.6 Å². The van der Waals surface area contributed by atoms with E-state index in [1.54, 1.807) is 6.92 Å². The third kappa shape index (κ3) is 6.19. The Kier molecular flexibility index (Phi) is 7.95. The molecule has 0 aliphatic heterocycles. The highest BCUT2D eigenvalue weighted by Crippen LogP contribution is 2.33. The quantitative estimate of drug-likeness (QED) is 0.309. The second-order valence-corrected chi connectivity index (χ2v) is 8.59. The Morgan fingerprint density at radius 1 is 1.05 bits per heavy atom. The maximum Gasteiger partial charge on any atom is 0.455 e. The fraction of sp³-hybridized carbons (Fsp3) is 0.250. The number of carbonyl (C=O) groups is 2. The van der Waals surface area contributed by atoms with E-state index in [0.29, 0.717) is 15.5 Å². The molecule has 0 aliphatic rings. The van der Waals surface area contributed by atoms with Crippen molar-refractivity contribution in [3.05, 3.63) is 76.0 Å². The molecule has 2 amide bonds. The van der Waals surface area contributed by atoms with Gasteiger partial charge in [-0.2, -0.15) is 41.5 Å². The van der Waals surface area contributed by atoms with Gasteiger partial charge >= 0.3 is 12.4 Å². The molecule has 0 spiro atoms. The van der Waals surface area contributed by atoms with E-state index >= 15 is 0 Å². The number of aromatic nitrogens is 7. The number of benzene rings is 1. The van der Waals surface area contributed by atoms with Crippen molar-refractivity contribution in [2.24, 2.45) is 0 Å². The molecule has 3 heterocycles. The van der Waals surface area contributed by atoms with Crippen LogP contribution in [0.4, 0.5) is 32.0 Å². The highest BCUT2D eigenvalue weighted by Gasteiger charge is 2.38. The third-order valence-corrected chi connectivity index (χ3v) is 5.58. The van der Waals surface area contributed by atoms with Crippen LogP contribution in [0.1, 0.15) is 56.0 Å². The van der Waals surface area contributed by atoms with Crippen molar-refractivity contribution >= 4 is 17.5 Å². The van der Waals surface area contributed by atoms with Crippen LogP contribution in [0.15, 0.2) is 36.5 Å². The van der Waals surface area contributed by atoms with Crippen LogP contribution in [0.2, 0.25) is 0 Å². The van der Waals surface area contributed by atoms with Gasteiger partial charge in [0, 0.05) is 12.7 Å². The zero-order valence-electron chi connectivity index (χ0n) is 21.5. The standard InChI is InChI=1S/C24H18F6N10O2/c1-3-32-20(41)15-8-13(10-31)7-12(2)18(15)34-21(42)17-9-14(11-39-37-22(35-38-39)24(28,29)30)36-40(17)19-16(23(25,26)27)5-4-6-33-19/h4-9H,3,11H2,1-2H3,(H,32,41)(H,34,42). The number of hydrogen-bond acceptors (Lipinski definition) is 8. The number of nitrogens with zero attached hydrogens (tertiary/aromatic N) is 8. The Hall–Kier alpha value is -5.34. The lowest BCUT2D eigenvalue weighted by Gasteiger charge is -2.16. The Morgan fingerprint density at radius 2 is 1.79 bits per heavy atom. The Labute approximate surface area is 232 Å². The predicted octanol–water partition coefficient (Wildman–Crippen LogP) is 3.52. The SMILES string of the molecule is CCNC(=O)c1cc(C#N)cc(C)c1NC(=O)c1cc(Cn2nnc(C(F)(F)F)n2)nn1-c1ncccc1C(F)(F)F. The van der Waals surface area contributed by atoms with Crippen LogP contribution in [0.5, 0.6) is 0 Å². The Bertz CT molecular complexity index is 1700. The van der Waals surface area contributed by atoms with E-state index in [4.69, 9.17) is 0 Å². The van der Waals surface area contributed by atoms with E-state index in [0.717, 1.165) is 18.3 Å². The first-order valence-corrected chi connectivity index (χ1v) is 11.8. The second kappa shape index (κ2) is 11.3. The number of nitrogens with one attached hydrogen (secondary N) is 2. The molecule has 4 aromatic rings. The number of alkyl halides is 6. The van der Waals surface area contributed by atoms with Crippen molar-refractivity contribution in [1.29, 1.82) is 5.26 Å². The first-order chi connectivity index (χ1) is 19.7. The first kappa shape index (κ1) is 29.6. The number of amides is 2. The summed E-state index contributed by atoms with van der Waals surface area (Å²) in [4.78, 5) is 30.5. The molecule has 0 saturated carbocycles. The summed E-state index contributed by atoms with van der Waals surface area (Å²) in [6, 6.07) is 7.24. The van der Waals surface area contributed by atoms with Gasteiger partial charge in [0.25, 0.3) is 17.6 Å². The maximum atomic E-state index is 13.8. The number of nitriles is 1. The van der Waals surface area contributed by atoms with Gasteiger partial charge in [-0.15, -0.1) is 10.2 Å². The average molecular weight is 592 g/mol. The molecule has 0 unspecified atom stereocenters. The summed E-state index contributed by atoms with van der Waals surface area (Å²) in [7, 11) is 0. The summed E-state index contributed by atoms with van der Waals surface area (Å²) in [5.41, 5.74) is -1.72. The van der Waals surface area contributed by atoms with Crippen molar-refractivity contribution in [2.45, 2.75) is 32.7 Å². The number of rotatable bonds is 7. The van der Waals surface area contributed by atoms with E-state index in [1.165, 1.54) is 19.1 Å². The summed E-state index contributed by atoms with van der Waals surface area (Å²) in [5, 5.41) is 27.7. The molecule has 2 N–H and O–H groups in total. The minimum Gasteiger partial charge on any atom is -0.352 e. The smallest absolute Gasteiger partial charge is 0.352 e. The summed E-state index contributed by atoms with van der Waals surface area (Å²) >= 11 is 0. The minimum absolute atomic E-state index is 0.0379. The number of aryl methyl sites for hydroxylation is 1. The maximum absolute atomic E-state index is 13.8. The van der Waals surface area contributed by atoms with Crippen LogP contribution in [0.25, 0.3) is 5.82 Å². The zero-order valence-corrected chi connectivity index (χ0v) is 21.5. The monoisotopic (exact) mass is 592 g/mol. The van der Waals surface area contributed by atoms with E-state index < -0.39 is 53.6 Å². The van der Waals surface area contributed by atoms with Gasteiger partial charge in [0.15, 0.2) is 5.82 Å². The summed E-state index contributed by atoms with van der Waals surface area (Å²) in [6.07, 6.45) is -8.80. The van der Waals surface area contributed by atoms with E-state index in [-0.39, 0.29) is 34.6 Å². The Morgan fingerprint density at radius 3 is 2.40 bits per heavy atom. The van der Waals surface area contributed by atoms with E-state index in [1.807, 2.05) is 6.07 Å². The number of tetrazole rings is 1. The number of hydrogen-bond donors (Lipinski definition) is 2. The molecule has 0 aliphatic carbocycles. The van der Waals surface area contributed by atoms with Crippen molar-refractivity contribution in [3.63, 3.8) is 0 Å². The van der Waals surface area contributed by atoms with Crippen LogP contribution in [0, 0.1) is 18.3 Å². The molecular weight excluding hydrogens is 574 g/mol. The van der Waals surface area contributed by atoms with Crippen molar-refractivity contribution < 1.29 is 35.9 Å². The molecular formula is C24H18F6N10O2. The second-order valence-electron chi connectivity index (χ2n) is 8.59. The fourth-order valence-corrected chi connectivity index (χ4v) is 3.82. The van der Waals surface area contributed by atoms with E-state index in [2.05, 4.69) is 36.1 Å². The van der Waals surface area contributed by atoms with Crippen LogP contribution in [-0.4, -0.2) is 53.3 Å². The third-order valence-electron chi connectivity index (χ3n) is 5.58. The highest BCUT2D eigenvalue weighted by molar-refractivity contribution is 6.09. The molecule has 3 aromatic heterocycles. The van der Waals surface area contributed by atoms with Gasteiger partial charge in [0.1, 0.15) is 17.8 Å². The zero-order chi connectivity index (χ0) is 30.8. The van der Waals surface area contributed by atoms with Gasteiger partial charge in [-0.1, -0.05) is 0 Å². The summed E-state index contributed by atoms with van der Waals surface area (Å²) in [5.74, 6) is -4.04. The van der Waals surface area contributed by atoms with Gasteiger partial charge in [-0.25, -0.2) is 9.67 Å². The number of pyridine rings is 1. The Balaban J connectivity index is 1.82. The number of carbonyl (C=O) groups excluding carboxylic acids is 2. The molecule has 0 radical (unpaired) electrons. The molecule has 12 nitrogen and oxygen atoms in total. The van der Waals surface area contributed by atoms with Crippen molar-refractivity contribution in [1.82, 2.24) is 40.3 Å². The van der Waals surface area contributed by atoms with Crippen LogP contribution in [-0.2, 0) is 18.9 Å². The largest absolute Gasteiger partial charge is 0.455 e. The fourth-order valence-electron chi connectivity index (χ4n) is 3.82. The topological polar surface area (TPSA) is 156 Å². The molecule has 1 aromatic carbocycles. The minimum atomic E-state index is -4.92. The molecule has 0 bridgehead atoms. The number of halogens is 6. The van der Waals surface area contributed by atoms with Crippen molar-refractivity contribution in [2.75, 3.05) is 11.9 Å². The van der Waals surface area contributed by atoms with Gasteiger partial charge in [-0.05, 0) is 55.0 Å². The molecule has 18 heteroatoms. The average Bonchev–Trinajstić information content (AvgIpc) is 3.57. The highest BCUT2D eigenvalue weighted by atomic mass is 19.4. The van der Waals surface area contributed by atoms with Gasteiger partial charge in [0.05, 0.1) is 28.6 Å². The van der Waals surface area contributed by atoms with Gasteiger partial charge < -0.3 is 10.6 Å². The summed E-state index contributed by atoms with van der Waals surface area (Å²) in [6.45, 7) is 2.75. The molecule has 0 saturated heterocycles. The number of anilines is 1. The molecule has 0 atom stereocenters. The molecule has 218 valence electrons. The lowest BCUT2D eigenvalue weighted by atomic mass is 10.0. The van der Waals surface area contributed by atoms with E-state index in [9.17, 15) is 41.2 Å². The van der Waals surface area contributed by atoms with Crippen LogP contribution >= 0.6 is 0 Å².